The van der Waals surface area contributed by atoms with Crippen LogP contribution in [0.3, 0.4) is 0 Å². The van der Waals surface area contributed by atoms with Crippen LogP contribution in [0.4, 0.5) is 0 Å². The first kappa shape index (κ1) is 19.0. The fourth-order valence-corrected chi connectivity index (χ4v) is 3.25. The quantitative estimate of drug-likeness (QED) is 0.335. The number of carboxylic acid groups (broad SMARTS) is 1. The molecule has 1 aromatic heterocycles. The summed E-state index contributed by atoms with van der Waals surface area (Å²) in [5.74, 6) is -0.0255. The molecule has 6 nitrogen and oxygen atoms in total. The van der Waals surface area contributed by atoms with Crippen molar-refractivity contribution in [3.63, 3.8) is 0 Å². The van der Waals surface area contributed by atoms with E-state index in [0.29, 0.717) is 18.2 Å². The third kappa shape index (κ3) is 4.68. The average Bonchev–Trinajstić information content (AvgIpc) is 3.07. The summed E-state index contributed by atoms with van der Waals surface area (Å²) >= 11 is 0.924. The second kappa shape index (κ2) is 8.73. The highest BCUT2D eigenvalue weighted by Gasteiger charge is 2.17. The lowest BCUT2D eigenvalue weighted by molar-refractivity contribution is -0.131. The molecule has 0 amide bonds. The molecule has 1 heterocycles. The van der Waals surface area contributed by atoms with Gasteiger partial charge in [-0.05, 0) is 41.1 Å². The van der Waals surface area contributed by atoms with Crippen LogP contribution < -0.4 is 4.74 Å². The first-order valence-electron chi connectivity index (χ1n) is 8.66. The molecule has 0 aliphatic heterocycles. The predicted molar refractivity (Wildman–Crippen MR) is 105 cm³/mol. The molecule has 3 rings (SSSR count). The second-order valence-corrected chi connectivity index (χ2v) is 6.90. The lowest BCUT2D eigenvalue weighted by atomic mass is 10.0. The van der Waals surface area contributed by atoms with Gasteiger partial charge in [-0.1, -0.05) is 43.7 Å². The van der Waals surface area contributed by atoms with Crippen LogP contribution in [0.25, 0.3) is 16.8 Å². The fourth-order valence-electron chi connectivity index (χ4n) is 2.56. The molecule has 7 heteroatoms. The highest BCUT2D eigenvalue weighted by Crippen LogP contribution is 2.34. The number of hydrogen-bond donors (Lipinski definition) is 1. The largest absolute Gasteiger partial charge is 0.493 e. The number of hydrogen-bond acceptors (Lipinski definition) is 6. The van der Waals surface area contributed by atoms with Gasteiger partial charge >= 0.3 is 5.97 Å². The van der Waals surface area contributed by atoms with Crippen molar-refractivity contribution < 1.29 is 19.1 Å². The van der Waals surface area contributed by atoms with E-state index >= 15 is 0 Å². The van der Waals surface area contributed by atoms with Crippen molar-refractivity contribution in [1.29, 1.82) is 0 Å². The van der Waals surface area contributed by atoms with Gasteiger partial charge in [0, 0.05) is 12.5 Å². The Morgan fingerprint density at radius 2 is 2.07 bits per heavy atom. The molecule has 3 aromatic rings. The third-order valence-electron chi connectivity index (χ3n) is 3.88. The predicted octanol–water partition coefficient (Wildman–Crippen LogP) is 4.93. The molecule has 0 atom stereocenters. The second-order valence-electron chi connectivity index (χ2n) is 5.90. The number of aryl methyl sites for hydroxylation is 1. The van der Waals surface area contributed by atoms with Crippen LogP contribution in [0.2, 0.25) is 0 Å². The van der Waals surface area contributed by atoms with Crippen molar-refractivity contribution in [3.05, 3.63) is 52.8 Å². The molecule has 0 saturated carbocycles. The summed E-state index contributed by atoms with van der Waals surface area (Å²) in [6.45, 7) is 4.33. The number of aromatic nitrogens is 2. The molecule has 0 bridgehead atoms. The SMILES string of the molecule is CCCCOc1ccc2ccccc2c1/C=C(\Sc1nnc(C)o1)C(=O)O. The van der Waals surface area contributed by atoms with Gasteiger partial charge in [0.1, 0.15) is 10.7 Å². The van der Waals surface area contributed by atoms with Crippen molar-refractivity contribution in [3.8, 4) is 5.75 Å². The van der Waals surface area contributed by atoms with Crippen molar-refractivity contribution in [2.24, 2.45) is 0 Å². The first-order chi connectivity index (χ1) is 13.1. The van der Waals surface area contributed by atoms with Gasteiger partial charge in [-0.25, -0.2) is 4.79 Å². The Balaban J connectivity index is 2.06. The van der Waals surface area contributed by atoms with Gasteiger partial charge in [-0.3, -0.25) is 0 Å². The summed E-state index contributed by atoms with van der Waals surface area (Å²) in [6, 6.07) is 11.7. The lowest BCUT2D eigenvalue weighted by Crippen LogP contribution is -2.01. The maximum atomic E-state index is 11.8. The van der Waals surface area contributed by atoms with E-state index in [1.54, 1.807) is 13.0 Å². The summed E-state index contributed by atoms with van der Waals surface area (Å²) in [6.07, 6.45) is 3.55. The number of unbranched alkanes of at least 4 members (excludes halogenated alkanes) is 1. The van der Waals surface area contributed by atoms with E-state index in [2.05, 4.69) is 17.1 Å². The van der Waals surface area contributed by atoms with Gasteiger partial charge in [0.15, 0.2) is 0 Å². The molecule has 27 heavy (non-hydrogen) atoms. The minimum atomic E-state index is -1.07. The fraction of sp³-hybridized carbons (Fsp3) is 0.250. The molecule has 2 aromatic carbocycles. The van der Waals surface area contributed by atoms with E-state index in [4.69, 9.17) is 9.15 Å². The molecule has 1 N–H and O–H groups in total. The highest BCUT2D eigenvalue weighted by molar-refractivity contribution is 8.03. The van der Waals surface area contributed by atoms with Crippen LogP contribution in [0.5, 0.6) is 5.75 Å². The topological polar surface area (TPSA) is 85.5 Å². The van der Waals surface area contributed by atoms with Crippen LogP contribution >= 0.6 is 11.8 Å². The van der Waals surface area contributed by atoms with Crippen LogP contribution in [0.1, 0.15) is 31.2 Å². The number of benzene rings is 2. The molecule has 0 fully saturated rings. The summed E-state index contributed by atoms with van der Waals surface area (Å²) < 4.78 is 11.2. The number of aliphatic carboxylic acids is 1. The molecule has 0 aliphatic carbocycles. The molecular formula is C20H20N2O4S. The minimum Gasteiger partial charge on any atom is -0.493 e. The number of fused-ring (bicyclic) bond motifs is 1. The zero-order chi connectivity index (χ0) is 19.2. The maximum absolute atomic E-state index is 11.8. The van der Waals surface area contributed by atoms with E-state index in [-0.39, 0.29) is 10.1 Å². The van der Waals surface area contributed by atoms with E-state index in [1.165, 1.54) is 0 Å². The molecule has 0 aliphatic rings. The average molecular weight is 384 g/mol. The standard InChI is InChI=1S/C20H20N2O4S/c1-3-4-11-25-17-10-9-14-7-5-6-8-15(14)16(17)12-18(19(23)24)27-20-22-21-13(2)26-20/h5-10,12H,3-4,11H2,1-2H3,(H,23,24)/b18-12-. The third-order valence-corrected chi connectivity index (χ3v) is 4.73. The van der Waals surface area contributed by atoms with Crippen LogP contribution in [0.15, 0.2) is 50.9 Å². The normalized spacial score (nSPS) is 11.7. The maximum Gasteiger partial charge on any atom is 0.342 e. The zero-order valence-electron chi connectivity index (χ0n) is 15.1. The lowest BCUT2D eigenvalue weighted by Gasteiger charge is -2.12. The van der Waals surface area contributed by atoms with Gasteiger partial charge < -0.3 is 14.3 Å². The smallest absolute Gasteiger partial charge is 0.342 e. The van der Waals surface area contributed by atoms with Gasteiger partial charge in [0.2, 0.25) is 5.89 Å². The van der Waals surface area contributed by atoms with Gasteiger partial charge in [0.05, 0.1) is 6.61 Å². The Bertz CT molecular complexity index is 981. The Morgan fingerprint density at radius 1 is 1.26 bits per heavy atom. The van der Waals surface area contributed by atoms with Crippen molar-refractivity contribution in [2.75, 3.05) is 6.61 Å². The Labute approximate surface area is 161 Å². The molecule has 0 saturated heterocycles. The van der Waals surface area contributed by atoms with E-state index in [1.807, 2.05) is 36.4 Å². The molecule has 0 spiro atoms. The summed E-state index contributed by atoms with van der Waals surface area (Å²) in [7, 11) is 0. The molecule has 140 valence electrons. The monoisotopic (exact) mass is 384 g/mol. The van der Waals surface area contributed by atoms with E-state index in [9.17, 15) is 9.90 Å². The van der Waals surface area contributed by atoms with E-state index < -0.39 is 5.97 Å². The molecule has 0 radical (unpaired) electrons. The van der Waals surface area contributed by atoms with Gasteiger partial charge in [-0.15, -0.1) is 10.2 Å². The first-order valence-corrected chi connectivity index (χ1v) is 9.47. The Kier molecular flexibility index (Phi) is 6.13. The van der Waals surface area contributed by atoms with E-state index in [0.717, 1.165) is 40.9 Å². The summed E-state index contributed by atoms with van der Waals surface area (Å²) in [5, 5.41) is 19.4. The van der Waals surface area contributed by atoms with Crippen molar-refractivity contribution >= 4 is 34.6 Å². The van der Waals surface area contributed by atoms with Gasteiger partial charge in [0.25, 0.3) is 5.22 Å². The number of ether oxygens (including phenoxy) is 1. The molecular weight excluding hydrogens is 364 g/mol. The van der Waals surface area contributed by atoms with Crippen LogP contribution in [-0.2, 0) is 4.79 Å². The van der Waals surface area contributed by atoms with Gasteiger partial charge in [-0.2, -0.15) is 0 Å². The molecule has 0 unspecified atom stereocenters. The van der Waals surface area contributed by atoms with Crippen molar-refractivity contribution in [1.82, 2.24) is 10.2 Å². The van der Waals surface area contributed by atoms with Crippen LogP contribution in [-0.4, -0.2) is 27.9 Å². The number of nitrogens with zero attached hydrogens (tertiary/aromatic N) is 2. The Morgan fingerprint density at radius 3 is 2.78 bits per heavy atom. The van der Waals surface area contributed by atoms with Crippen molar-refractivity contribution in [2.45, 2.75) is 31.9 Å². The summed E-state index contributed by atoms with van der Waals surface area (Å²) in [5.41, 5.74) is 0.727. The number of carbonyl (C=O) groups is 1. The number of carboxylic acids is 1. The Hall–Kier alpha value is -2.80. The highest BCUT2D eigenvalue weighted by atomic mass is 32.2. The number of thioether (sulfide) groups is 1. The summed E-state index contributed by atoms with van der Waals surface area (Å²) in [4.78, 5) is 11.9. The minimum absolute atomic E-state index is 0.0790. The number of rotatable bonds is 8. The van der Waals surface area contributed by atoms with Crippen LogP contribution in [0, 0.1) is 6.92 Å². The zero-order valence-corrected chi connectivity index (χ0v) is 16.0.